The van der Waals surface area contributed by atoms with Gasteiger partial charge in [0.15, 0.2) is 20.6 Å². The first-order valence-corrected chi connectivity index (χ1v) is 8.22. The number of nitrogen functional groups attached to an aromatic ring is 1. The van der Waals surface area contributed by atoms with Gasteiger partial charge in [-0.2, -0.15) is 5.10 Å². The molecule has 0 radical (unpaired) electrons. The van der Waals surface area contributed by atoms with Crippen LogP contribution in [-0.2, 0) is 9.84 Å². The molecule has 0 atom stereocenters. The van der Waals surface area contributed by atoms with E-state index in [4.69, 9.17) is 5.73 Å². The molecule has 0 aromatic carbocycles. The first-order chi connectivity index (χ1) is 8.80. The summed E-state index contributed by atoms with van der Waals surface area (Å²) in [4.78, 5) is 4.44. The summed E-state index contributed by atoms with van der Waals surface area (Å²) >= 11 is 0. The fourth-order valence-electron chi connectivity index (χ4n) is 2.37. The molecule has 1 saturated heterocycles. The summed E-state index contributed by atoms with van der Waals surface area (Å²) in [7, 11) is -3.37. The van der Waals surface area contributed by atoms with Gasteiger partial charge in [-0.25, -0.2) is 8.42 Å². The Morgan fingerprint density at radius 1 is 1.26 bits per heavy atom. The largest absolute Gasteiger partial charge is 0.383 e. The van der Waals surface area contributed by atoms with Crippen molar-refractivity contribution in [2.75, 3.05) is 43.1 Å². The van der Waals surface area contributed by atoms with Crippen LogP contribution >= 0.6 is 0 Å². The van der Waals surface area contributed by atoms with Gasteiger partial charge >= 0.3 is 0 Å². The fraction of sp³-hybridized carbons (Fsp3) is 0.727. The molecule has 0 unspecified atom stereocenters. The molecule has 3 N–H and O–H groups in total. The van der Waals surface area contributed by atoms with Crippen LogP contribution in [0.3, 0.4) is 0 Å². The Hall–Kier alpha value is -1.28. The van der Waals surface area contributed by atoms with Crippen molar-refractivity contribution >= 4 is 21.5 Å². The molecule has 1 fully saturated rings. The van der Waals surface area contributed by atoms with Crippen LogP contribution in [-0.4, -0.2) is 62.0 Å². The molecule has 2 rings (SSSR count). The van der Waals surface area contributed by atoms with Crippen molar-refractivity contribution in [3.05, 3.63) is 0 Å². The highest BCUT2D eigenvalue weighted by Crippen LogP contribution is 2.28. The van der Waals surface area contributed by atoms with Crippen molar-refractivity contribution in [2.45, 2.75) is 24.8 Å². The molecule has 0 bridgehead atoms. The SMILES string of the molecule is CC(C)N1CCN(c2n[nH]c(N)c2S(C)(=O)=O)CC1. The van der Waals surface area contributed by atoms with Crippen LogP contribution in [0.5, 0.6) is 0 Å². The van der Waals surface area contributed by atoms with Gasteiger partial charge in [-0.15, -0.1) is 0 Å². The molecule has 0 amide bonds. The first kappa shape index (κ1) is 14.1. The van der Waals surface area contributed by atoms with Crippen LogP contribution < -0.4 is 10.6 Å². The van der Waals surface area contributed by atoms with E-state index in [1.807, 2.05) is 4.90 Å². The topological polar surface area (TPSA) is 95.3 Å². The number of anilines is 2. The first-order valence-electron chi connectivity index (χ1n) is 6.33. The summed E-state index contributed by atoms with van der Waals surface area (Å²) in [6.45, 7) is 7.62. The van der Waals surface area contributed by atoms with Crippen LogP contribution in [0.25, 0.3) is 0 Å². The lowest BCUT2D eigenvalue weighted by Gasteiger charge is -2.37. The Bertz CT molecular complexity index is 543. The number of nitrogens with two attached hydrogens (primary N) is 1. The maximum atomic E-state index is 11.8. The van der Waals surface area contributed by atoms with Gasteiger partial charge in [0.2, 0.25) is 0 Å². The number of rotatable bonds is 3. The summed E-state index contributed by atoms with van der Waals surface area (Å²) in [5.41, 5.74) is 5.68. The molecule has 1 aromatic heterocycles. The smallest absolute Gasteiger partial charge is 0.182 e. The van der Waals surface area contributed by atoms with Gasteiger partial charge < -0.3 is 10.6 Å². The molecule has 1 aromatic rings. The quantitative estimate of drug-likeness (QED) is 0.808. The lowest BCUT2D eigenvalue weighted by molar-refractivity contribution is 0.209. The zero-order valence-electron chi connectivity index (χ0n) is 11.5. The fourth-order valence-corrected chi connectivity index (χ4v) is 3.32. The number of H-pyrrole nitrogens is 1. The number of nitrogens with zero attached hydrogens (tertiary/aromatic N) is 3. The van der Waals surface area contributed by atoms with Gasteiger partial charge in [0, 0.05) is 38.5 Å². The molecular weight excluding hydrogens is 266 g/mol. The van der Waals surface area contributed by atoms with Crippen molar-refractivity contribution in [2.24, 2.45) is 0 Å². The molecule has 0 saturated carbocycles. The molecule has 0 aliphatic carbocycles. The van der Waals surface area contributed by atoms with Gasteiger partial charge in [-0.1, -0.05) is 0 Å². The zero-order valence-corrected chi connectivity index (χ0v) is 12.4. The third-order valence-electron chi connectivity index (χ3n) is 3.44. The second-order valence-electron chi connectivity index (χ2n) is 5.18. The van der Waals surface area contributed by atoms with Gasteiger partial charge in [-0.3, -0.25) is 10.00 Å². The van der Waals surface area contributed by atoms with Gasteiger partial charge in [0.25, 0.3) is 0 Å². The Labute approximate surface area is 113 Å². The van der Waals surface area contributed by atoms with E-state index in [9.17, 15) is 8.42 Å². The number of aromatic amines is 1. The molecular formula is C11H21N5O2S. The van der Waals surface area contributed by atoms with Gasteiger partial charge in [0.05, 0.1) is 0 Å². The van der Waals surface area contributed by atoms with Crippen LogP contribution in [0, 0.1) is 0 Å². The molecule has 19 heavy (non-hydrogen) atoms. The average Bonchev–Trinajstić information content (AvgIpc) is 2.71. The number of nitrogens with one attached hydrogen (secondary N) is 1. The minimum atomic E-state index is -3.37. The second-order valence-corrected chi connectivity index (χ2v) is 7.13. The Morgan fingerprint density at radius 3 is 2.32 bits per heavy atom. The van der Waals surface area contributed by atoms with E-state index in [1.54, 1.807) is 0 Å². The molecule has 0 spiro atoms. The van der Waals surface area contributed by atoms with Crippen LogP contribution in [0.1, 0.15) is 13.8 Å². The Balaban J connectivity index is 2.21. The molecule has 1 aliphatic rings. The minimum Gasteiger partial charge on any atom is -0.383 e. The predicted molar refractivity (Wildman–Crippen MR) is 75.0 cm³/mol. The van der Waals surface area contributed by atoms with Gasteiger partial charge in [0.1, 0.15) is 5.82 Å². The number of hydrogen-bond acceptors (Lipinski definition) is 6. The van der Waals surface area contributed by atoms with E-state index < -0.39 is 9.84 Å². The monoisotopic (exact) mass is 287 g/mol. The third kappa shape index (κ3) is 2.84. The van der Waals surface area contributed by atoms with Crippen molar-refractivity contribution < 1.29 is 8.42 Å². The standard InChI is InChI=1S/C11H21N5O2S/c1-8(2)15-4-6-16(7-5-15)11-9(19(3,17)18)10(12)13-14-11/h8H,4-7H2,1-3H3,(H3,12,13,14). The highest BCUT2D eigenvalue weighted by molar-refractivity contribution is 7.91. The molecule has 108 valence electrons. The van der Waals surface area contributed by atoms with Crippen molar-refractivity contribution in [1.29, 1.82) is 0 Å². The normalized spacial score (nSPS) is 18.2. The Morgan fingerprint density at radius 2 is 1.84 bits per heavy atom. The number of aromatic nitrogens is 2. The lowest BCUT2D eigenvalue weighted by Crippen LogP contribution is -2.49. The maximum absolute atomic E-state index is 11.8. The van der Waals surface area contributed by atoms with Crippen molar-refractivity contribution in [1.82, 2.24) is 15.1 Å². The van der Waals surface area contributed by atoms with Crippen molar-refractivity contribution in [3.63, 3.8) is 0 Å². The van der Waals surface area contributed by atoms with E-state index in [-0.39, 0.29) is 10.7 Å². The summed E-state index contributed by atoms with van der Waals surface area (Å²) in [5.74, 6) is 0.562. The lowest BCUT2D eigenvalue weighted by atomic mass is 10.2. The summed E-state index contributed by atoms with van der Waals surface area (Å²) < 4.78 is 23.5. The van der Waals surface area contributed by atoms with Crippen LogP contribution in [0.4, 0.5) is 11.6 Å². The Kier molecular flexibility index (Phi) is 3.73. The van der Waals surface area contributed by atoms with E-state index in [0.717, 1.165) is 32.4 Å². The average molecular weight is 287 g/mol. The molecule has 8 heteroatoms. The van der Waals surface area contributed by atoms with Crippen LogP contribution in [0.2, 0.25) is 0 Å². The number of sulfone groups is 1. The maximum Gasteiger partial charge on any atom is 0.182 e. The molecule has 1 aliphatic heterocycles. The van der Waals surface area contributed by atoms with E-state index >= 15 is 0 Å². The summed E-state index contributed by atoms with van der Waals surface area (Å²) in [6, 6.07) is 0.501. The van der Waals surface area contributed by atoms with E-state index in [0.29, 0.717) is 11.9 Å². The number of hydrogen-bond donors (Lipinski definition) is 2. The zero-order chi connectivity index (χ0) is 14.2. The highest BCUT2D eigenvalue weighted by Gasteiger charge is 2.28. The van der Waals surface area contributed by atoms with E-state index in [1.165, 1.54) is 0 Å². The number of piperazine rings is 1. The molecule has 2 heterocycles. The van der Waals surface area contributed by atoms with Crippen LogP contribution in [0.15, 0.2) is 4.90 Å². The molecule has 7 nitrogen and oxygen atoms in total. The minimum absolute atomic E-state index is 0.115. The van der Waals surface area contributed by atoms with Crippen molar-refractivity contribution in [3.8, 4) is 0 Å². The summed E-state index contributed by atoms with van der Waals surface area (Å²) in [5, 5.41) is 6.62. The third-order valence-corrected chi connectivity index (χ3v) is 4.59. The van der Waals surface area contributed by atoms with Gasteiger partial charge in [-0.05, 0) is 13.8 Å². The highest BCUT2D eigenvalue weighted by atomic mass is 32.2. The summed E-state index contributed by atoms with van der Waals surface area (Å²) in [6.07, 6.45) is 1.15. The second kappa shape index (κ2) is 5.01. The predicted octanol–water partition coefficient (Wildman–Crippen LogP) is -0.0742. The van der Waals surface area contributed by atoms with E-state index in [2.05, 4.69) is 28.9 Å².